The van der Waals surface area contributed by atoms with E-state index in [1.165, 1.54) is 11.8 Å². The third-order valence-electron chi connectivity index (χ3n) is 3.53. The Kier molecular flexibility index (Phi) is 6.74. The van der Waals surface area contributed by atoms with Crippen molar-refractivity contribution in [3.05, 3.63) is 29.8 Å². The number of rotatable bonds is 7. The molecule has 6 nitrogen and oxygen atoms in total. The molecule has 0 spiro atoms. The molecule has 1 aromatic carbocycles. The molecule has 3 amide bonds. The number of amides is 3. The quantitative estimate of drug-likeness (QED) is 0.571. The predicted octanol–water partition coefficient (Wildman–Crippen LogP) is 2.02. The van der Waals surface area contributed by atoms with E-state index in [-0.39, 0.29) is 17.7 Å². The Hall–Kier alpha value is -1.93. The Bertz CT molecular complexity index is 630. The molecule has 8 heteroatoms. The van der Waals surface area contributed by atoms with Crippen LogP contribution in [0.5, 0.6) is 0 Å². The SMILES string of the molecule is CNC(=O)c1ccc(NC(=O)CCCCN2C(=O)CSC2=S)cc1. The van der Waals surface area contributed by atoms with E-state index in [0.717, 1.165) is 6.42 Å². The summed E-state index contributed by atoms with van der Waals surface area (Å²) in [5, 5.41) is 5.33. The van der Waals surface area contributed by atoms with Gasteiger partial charge in [0.2, 0.25) is 11.8 Å². The van der Waals surface area contributed by atoms with Gasteiger partial charge in [-0.2, -0.15) is 0 Å². The normalized spacial score (nSPS) is 14.0. The second-order valence-corrected chi connectivity index (χ2v) is 6.87. The number of nitrogens with one attached hydrogen (secondary N) is 2. The molecular formula is C16H19N3O3S2. The van der Waals surface area contributed by atoms with Gasteiger partial charge in [0.05, 0.1) is 5.75 Å². The summed E-state index contributed by atoms with van der Waals surface area (Å²) in [7, 11) is 1.57. The minimum absolute atomic E-state index is 0.0469. The Balaban J connectivity index is 1.70. The van der Waals surface area contributed by atoms with Crippen LogP contribution in [0.4, 0.5) is 5.69 Å². The summed E-state index contributed by atoms with van der Waals surface area (Å²) < 4.78 is 0.626. The minimum Gasteiger partial charge on any atom is -0.355 e. The van der Waals surface area contributed by atoms with Gasteiger partial charge in [-0.15, -0.1) is 0 Å². The Morgan fingerprint density at radius 3 is 2.54 bits per heavy atom. The molecule has 0 saturated carbocycles. The van der Waals surface area contributed by atoms with Gasteiger partial charge < -0.3 is 10.6 Å². The van der Waals surface area contributed by atoms with Gasteiger partial charge in [0.25, 0.3) is 5.91 Å². The molecule has 0 aliphatic carbocycles. The molecule has 0 aromatic heterocycles. The van der Waals surface area contributed by atoms with Crippen LogP contribution >= 0.6 is 24.0 Å². The highest BCUT2D eigenvalue weighted by atomic mass is 32.2. The molecule has 1 aliphatic heterocycles. The first-order valence-corrected chi connectivity index (χ1v) is 9.00. The topological polar surface area (TPSA) is 78.5 Å². The molecule has 1 saturated heterocycles. The van der Waals surface area contributed by atoms with Crippen molar-refractivity contribution in [2.24, 2.45) is 0 Å². The molecule has 1 heterocycles. The number of carbonyl (C=O) groups excluding carboxylic acids is 3. The molecule has 1 fully saturated rings. The van der Waals surface area contributed by atoms with Crippen LogP contribution in [0, 0.1) is 0 Å². The number of unbranched alkanes of at least 4 members (excludes halogenated alkanes) is 1. The van der Waals surface area contributed by atoms with Crippen LogP contribution in [-0.4, -0.2) is 46.3 Å². The van der Waals surface area contributed by atoms with Crippen molar-refractivity contribution < 1.29 is 14.4 Å². The first-order valence-electron chi connectivity index (χ1n) is 7.60. The highest BCUT2D eigenvalue weighted by molar-refractivity contribution is 8.23. The van der Waals surface area contributed by atoms with Crippen molar-refractivity contribution in [2.45, 2.75) is 19.3 Å². The molecule has 1 aromatic rings. The van der Waals surface area contributed by atoms with Crippen LogP contribution in [0.1, 0.15) is 29.6 Å². The van der Waals surface area contributed by atoms with Crippen molar-refractivity contribution in [1.29, 1.82) is 0 Å². The number of nitrogens with zero attached hydrogens (tertiary/aromatic N) is 1. The lowest BCUT2D eigenvalue weighted by molar-refractivity contribution is -0.124. The minimum atomic E-state index is -0.166. The molecule has 0 unspecified atom stereocenters. The highest BCUT2D eigenvalue weighted by Gasteiger charge is 2.25. The highest BCUT2D eigenvalue weighted by Crippen LogP contribution is 2.19. The Labute approximate surface area is 150 Å². The number of anilines is 1. The van der Waals surface area contributed by atoms with E-state index in [9.17, 15) is 14.4 Å². The van der Waals surface area contributed by atoms with Crippen LogP contribution in [0.15, 0.2) is 24.3 Å². The van der Waals surface area contributed by atoms with E-state index >= 15 is 0 Å². The third kappa shape index (κ3) is 5.04. The maximum atomic E-state index is 11.9. The first-order chi connectivity index (χ1) is 11.5. The lowest BCUT2D eigenvalue weighted by Gasteiger charge is -2.14. The monoisotopic (exact) mass is 365 g/mol. The number of thiocarbonyl (C=S) groups is 1. The molecule has 2 N–H and O–H groups in total. The van der Waals surface area contributed by atoms with Gasteiger partial charge in [0.15, 0.2) is 0 Å². The van der Waals surface area contributed by atoms with Gasteiger partial charge in [0, 0.05) is 31.3 Å². The standard InChI is InChI=1S/C16H19N3O3S2/c1-17-15(22)11-5-7-12(8-6-11)18-13(20)4-2-3-9-19-14(21)10-24-16(19)23/h5-8H,2-4,9-10H2,1H3,(H,17,22)(H,18,20). The van der Waals surface area contributed by atoms with Crippen molar-refractivity contribution in [3.8, 4) is 0 Å². The average molecular weight is 365 g/mol. The smallest absolute Gasteiger partial charge is 0.251 e. The fourth-order valence-electron chi connectivity index (χ4n) is 2.23. The number of hydrogen-bond donors (Lipinski definition) is 2. The van der Waals surface area contributed by atoms with E-state index in [1.807, 2.05) is 0 Å². The molecule has 24 heavy (non-hydrogen) atoms. The molecule has 0 radical (unpaired) electrons. The van der Waals surface area contributed by atoms with Crippen LogP contribution in [-0.2, 0) is 9.59 Å². The van der Waals surface area contributed by atoms with E-state index in [2.05, 4.69) is 10.6 Å². The second-order valence-electron chi connectivity index (χ2n) is 5.26. The van der Waals surface area contributed by atoms with Crippen molar-refractivity contribution in [1.82, 2.24) is 10.2 Å². The summed E-state index contributed by atoms with van der Waals surface area (Å²) in [5.74, 6) is 0.212. The zero-order valence-electron chi connectivity index (χ0n) is 13.3. The maximum absolute atomic E-state index is 11.9. The molecule has 128 valence electrons. The Morgan fingerprint density at radius 1 is 1.25 bits per heavy atom. The summed E-state index contributed by atoms with van der Waals surface area (Å²) >= 11 is 6.49. The molecule has 0 bridgehead atoms. The average Bonchev–Trinajstić information content (AvgIpc) is 2.90. The van der Waals surface area contributed by atoms with Crippen LogP contribution < -0.4 is 10.6 Å². The van der Waals surface area contributed by atoms with Gasteiger partial charge in [-0.3, -0.25) is 19.3 Å². The van der Waals surface area contributed by atoms with Crippen LogP contribution in [0.2, 0.25) is 0 Å². The maximum Gasteiger partial charge on any atom is 0.251 e. The lowest BCUT2D eigenvalue weighted by Crippen LogP contribution is -2.29. The van der Waals surface area contributed by atoms with E-state index in [1.54, 1.807) is 36.2 Å². The fourth-order valence-corrected chi connectivity index (χ4v) is 3.35. The van der Waals surface area contributed by atoms with Gasteiger partial charge in [0.1, 0.15) is 4.32 Å². The number of hydrogen-bond acceptors (Lipinski definition) is 5. The number of benzene rings is 1. The van der Waals surface area contributed by atoms with Crippen molar-refractivity contribution in [3.63, 3.8) is 0 Å². The fraction of sp³-hybridized carbons (Fsp3) is 0.375. The van der Waals surface area contributed by atoms with Gasteiger partial charge in [-0.05, 0) is 37.1 Å². The zero-order valence-corrected chi connectivity index (χ0v) is 15.0. The third-order valence-corrected chi connectivity index (χ3v) is 4.97. The molecular weight excluding hydrogens is 346 g/mol. The second kappa shape index (κ2) is 8.79. The van der Waals surface area contributed by atoms with Crippen molar-refractivity contribution in [2.75, 3.05) is 24.7 Å². The Morgan fingerprint density at radius 2 is 1.96 bits per heavy atom. The predicted molar refractivity (Wildman–Crippen MR) is 99.1 cm³/mol. The van der Waals surface area contributed by atoms with E-state index in [0.29, 0.717) is 40.7 Å². The van der Waals surface area contributed by atoms with Gasteiger partial charge in [-0.25, -0.2) is 0 Å². The van der Waals surface area contributed by atoms with Crippen LogP contribution in [0.3, 0.4) is 0 Å². The summed E-state index contributed by atoms with van der Waals surface area (Å²) in [5.41, 5.74) is 1.19. The number of thioether (sulfide) groups is 1. The summed E-state index contributed by atoms with van der Waals surface area (Å²) in [6.45, 7) is 0.568. The van der Waals surface area contributed by atoms with Crippen LogP contribution in [0.25, 0.3) is 0 Å². The largest absolute Gasteiger partial charge is 0.355 e. The van der Waals surface area contributed by atoms with Gasteiger partial charge >= 0.3 is 0 Å². The van der Waals surface area contributed by atoms with Gasteiger partial charge in [-0.1, -0.05) is 24.0 Å². The molecule has 1 aliphatic rings. The van der Waals surface area contributed by atoms with E-state index in [4.69, 9.17) is 12.2 Å². The number of carbonyl (C=O) groups is 3. The summed E-state index contributed by atoms with van der Waals surface area (Å²) in [4.78, 5) is 36.5. The summed E-state index contributed by atoms with van der Waals surface area (Å²) in [6, 6.07) is 6.71. The van der Waals surface area contributed by atoms with Crippen molar-refractivity contribution >= 4 is 51.7 Å². The lowest BCUT2D eigenvalue weighted by atomic mass is 10.2. The molecule has 2 rings (SSSR count). The van der Waals surface area contributed by atoms with E-state index < -0.39 is 0 Å². The summed E-state index contributed by atoms with van der Waals surface area (Å²) in [6.07, 6.45) is 1.79. The first kappa shape index (κ1) is 18.4. The zero-order chi connectivity index (χ0) is 17.5. The molecule has 0 atom stereocenters.